The molecule has 0 aliphatic heterocycles. The van der Waals surface area contributed by atoms with Gasteiger partial charge in [-0.1, -0.05) is 23.7 Å². The van der Waals surface area contributed by atoms with Gasteiger partial charge in [0.25, 0.3) is 5.91 Å². The van der Waals surface area contributed by atoms with Crippen LogP contribution in [0.15, 0.2) is 48.5 Å². The Balaban J connectivity index is 1.87. The Morgan fingerprint density at radius 3 is 2.54 bits per heavy atom. The third-order valence-electron chi connectivity index (χ3n) is 4.29. The molecule has 1 atom stereocenters. The fourth-order valence-corrected chi connectivity index (χ4v) is 3.13. The lowest BCUT2D eigenvalue weighted by molar-refractivity contribution is 0.0938. The Morgan fingerprint density at radius 1 is 1.19 bits per heavy atom. The predicted molar refractivity (Wildman–Crippen MR) is 100 cm³/mol. The lowest BCUT2D eigenvalue weighted by Crippen LogP contribution is -2.27. The molecular weight excluding hydrogens is 353 g/mol. The summed E-state index contributed by atoms with van der Waals surface area (Å²) in [4.78, 5) is 12.8. The molecule has 0 spiro atoms. The first kappa shape index (κ1) is 18.1. The number of nitrogens with zero attached hydrogens (tertiary/aromatic N) is 2. The highest BCUT2D eigenvalue weighted by atomic mass is 35.5. The SMILES string of the molecule is Cc1nn(-c2ccc(F)cc2)c(C)c1C(=O)NC(C)c1cccc(Cl)c1. The van der Waals surface area contributed by atoms with Crippen LogP contribution in [0.25, 0.3) is 5.69 Å². The number of rotatable bonds is 4. The molecule has 0 saturated heterocycles. The summed E-state index contributed by atoms with van der Waals surface area (Å²) in [5.41, 5.74) is 3.46. The number of aromatic nitrogens is 2. The van der Waals surface area contributed by atoms with Crippen LogP contribution in [0.4, 0.5) is 4.39 Å². The summed E-state index contributed by atoms with van der Waals surface area (Å²) in [6.07, 6.45) is 0. The lowest BCUT2D eigenvalue weighted by atomic mass is 10.1. The third kappa shape index (κ3) is 3.63. The summed E-state index contributed by atoms with van der Waals surface area (Å²) >= 11 is 6.02. The van der Waals surface area contributed by atoms with Crippen molar-refractivity contribution in [3.63, 3.8) is 0 Å². The molecule has 0 saturated carbocycles. The molecule has 0 aliphatic rings. The van der Waals surface area contributed by atoms with Crippen molar-refractivity contribution in [2.24, 2.45) is 0 Å². The standard InChI is InChI=1S/C20H19ClFN3O/c1-12(15-5-4-6-16(21)11-15)23-20(26)19-13(2)24-25(14(19)3)18-9-7-17(22)8-10-18/h4-12H,1-3H3,(H,23,26). The number of carbonyl (C=O) groups is 1. The number of carbonyl (C=O) groups excluding carboxylic acids is 1. The van der Waals surface area contributed by atoms with Crippen molar-refractivity contribution in [1.82, 2.24) is 15.1 Å². The van der Waals surface area contributed by atoms with Gasteiger partial charge < -0.3 is 5.32 Å². The van der Waals surface area contributed by atoms with Gasteiger partial charge in [0.05, 0.1) is 28.7 Å². The highest BCUT2D eigenvalue weighted by Gasteiger charge is 2.21. The van der Waals surface area contributed by atoms with Crippen LogP contribution in [0.1, 0.15) is 40.3 Å². The van der Waals surface area contributed by atoms with E-state index in [0.717, 1.165) is 5.56 Å². The smallest absolute Gasteiger partial charge is 0.255 e. The summed E-state index contributed by atoms with van der Waals surface area (Å²) < 4.78 is 14.8. The molecule has 0 radical (unpaired) electrons. The molecular formula is C20H19ClFN3O. The minimum absolute atomic E-state index is 0.200. The molecule has 3 aromatic rings. The van der Waals surface area contributed by atoms with E-state index in [4.69, 9.17) is 11.6 Å². The molecule has 0 bridgehead atoms. The zero-order chi connectivity index (χ0) is 18.8. The van der Waals surface area contributed by atoms with Gasteiger partial charge in [0.15, 0.2) is 0 Å². The van der Waals surface area contributed by atoms with Crippen LogP contribution in [0.3, 0.4) is 0 Å². The van der Waals surface area contributed by atoms with Gasteiger partial charge in [0.1, 0.15) is 5.82 Å². The van der Waals surface area contributed by atoms with Gasteiger partial charge >= 0.3 is 0 Å². The molecule has 1 aromatic heterocycles. The molecule has 0 fully saturated rings. The Labute approximate surface area is 156 Å². The first-order valence-corrected chi connectivity index (χ1v) is 8.63. The highest BCUT2D eigenvalue weighted by molar-refractivity contribution is 6.30. The van der Waals surface area contributed by atoms with Crippen molar-refractivity contribution in [3.8, 4) is 5.69 Å². The average Bonchev–Trinajstić information content (AvgIpc) is 2.90. The minimum atomic E-state index is -0.316. The Bertz CT molecular complexity index is 950. The third-order valence-corrected chi connectivity index (χ3v) is 4.52. The topological polar surface area (TPSA) is 46.9 Å². The van der Waals surface area contributed by atoms with Gasteiger partial charge in [-0.3, -0.25) is 4.79 Å². The fraction of sp³-hybridized carbons (Fsp3) is 0.200. The van der Waals surface area contributed by atoms with Gasteiger partial charge in [-0.15, -0.1) is 0 Å². The molecule has 6 heteroatoms. The average molecular weight is 372 g/mol. The monoisotopic (exact) mass is 371 g/mol. The van der Waals surface area contributed by atoms with Crippen molar-refractivity contribution in [1.29, 1.82) is 0 Å². The summed E-state index contributed by atoms with van der Waals surface area (Å²) in [7, 11) is 0. The van der Waals surface area contributed by atoms with E-state index in [-0.39, 0.29) is 17.8 Å². The Morgan fingerprint density at radius 2 is 1.88 bits per heavy atom. The zero-order valence-corrected chi connectivity index (χ0v) is 15.5. The maximum atomic E-state index is 13.1. The van der Waals surface area contributed by atoms with Crippen molar-refractivity contribution < 1.29 is 9.18 Å². The Hall–Kier alpha value is -2.66. The second kappa shape index (κ2) is 7.30. The van der Waals surface area contributed by atoms with Crippen molar-refractivity contribution >= 4 is 17.5 Å². The van der Waals surface area contributed by atoms with E-state index in [1.807, 2.05) is 32.0 Å². The van der Waals surface area contributed by atoms with Crippen LogP contribution in [-0.4, -0.2) is 15.7 Å². The summed E-state index contributed by atoms with van der Waals surface area (Å²) in [5, 5.41) is 8.05. The van der Waals surface area contributed by atoms with Crippen LogP contribution < -0.4 is 5.32 Å². The first-order chi connectivity index (χ1) is 12.4. The maximum absolute atomic E-state index is 13.1. The summed E-state index contributed by atoms with van der Waals surface area (Å²) in [6, 6.07) is 13.2. The molecule has 1 heterocycles. The number of benzene rings is 2. The first-order valence-electron chi connectivity index (χ1n) is 8.25. The molecule has 4 nitrogen and oxygen atoms in total. The van der Waals surface area contributed by atoms with Crippen LogP contribution >= 0.6 is 11.6 Å². The number of aryl methyl sites for hydroxylation is 1. The van der Waals surface area contributed by atoms with Gasteiger partial charge in [0.2, 0.25) is 0 Å². The van der Waals surface area contributed by atoms with Crippen LogP contribution in [0.5, 0.6) is 0 Å². The summed E-state index contributed by atoms with van der Waals surface area (Å²) in [6.45, 7) is 5.51. The molecule has 1 N–H and O–H groups in total. The number of amides is 1. The summed E-state index contributed by atoms with van der Waals surface area (Å²) in [5.74, 6) is -0.524. The number of halogens is 2. The Kier molecular flexibility index (Phi) is 5.09. The van der Waals surface area contributed by atoms with Gasteiger partial charge in [0, 0.05) is 5.02 Å². The van der Waals surface area contributed by atoms with E-state index in [0.29, 0.717) is 27.7 Å². The lowest BCUT2D eigenvalue weighted by Gasteiger charge is -2.15. The maximum Gasteiger partial charge on any atom is 0.255 e. The normalized spacial score (nSPS) is 12.0. The van der Waals surface area contributed by atoms with Crippen LogP contribution in [-0.2, 0) is 0 Å². The number of hydrogen-bond acceptors (Lipinski definition) is 2. The van der Waals surface area contributed by atoms with Gasteiger partial charge in [-0.2, -0.15) is 5.10 Å². The molecule has 26 heavy (non-hydrogen) atoms. The minimum Gasteiger partial charge on any atom is -0.345 e. The predicted octanol–water partition coefficient (Wildman–Crippen LogP) is 4.77. The number of nitrogens with one attached hydrogen (secondary N) is 1. The largest absolute Gasteiger partial charge is 0.345 e. The van der Waals surface area contributed by atoms with E-state index in [1.165, 1.54) is 12.1 Å². The van der Waals surface area contributed by atoms with E-state index < -0.39 is 0 Å². The molecule has 1 amide bonds. The van der Waals surface area contributed by atoms with E-state index in [2.05, 4.69) is 10.4 Å². The highest BCUT2D eigenvalue weighted by Crippen LogP contribution is 2.21. The second-order valence-electron chi connectivity index (χ2n) is 6.18. The van der Waals surface area contributed by atoms with E-state index >= 15 is 0 Å². The van der Waals surface area contributed by atoms with Crippen molar-refractivity contribution in [2.45, 2.75) is 26.8 Å². The van der Waals surface area contributed by atoms with Crippen molar-refractivity contribution in [3.05, 3.63) is 81.9 Å². The van der Waals surface area contributed by atoms with E-state index in [9.17, 15) is 9.18 Å². The quantitative estimate of drug-likeness (QED) is 0.717. The fourth-order valence-electron chi connectivity index (χ4n) is 2.93. The molecule has 134 valence electrons. The van der Waals surface area contributed by atoms with Crippen molar-refractivity contribution in [2.75, 3.05) is 0 Å². The van der Waals surface area contributed by atoms with Crippen LogP contribution in [0.2, 0.25) is 5.02 Å². The second-order valence-corrected chi connectivity index (χ2v) is 6.62. The molecule has 1 unspecified atom stereocenters. The molecule has 2 aromatic carbocycles. The zero-order valence-electron chi connectivity index (χ0n) is 14.8. The molecule has 3 rings (SSSR count). The number of hydrogen-bond donors (Lipinski definition) is 1. The molecule has 0 aliphatic carbocycles. The van der Waals surface area contributed by atoms with E-state index in [1.54, 1.807) is 29.8 Å². The van der Waals surface area contributed by atoms with Gasteiger partial charge in [-0.05, 0) is 62.7 Å². The van der Waals surface area contributed by atoms with Crippen LogP contribution in [0, 0.1) is 19.7 Å². The van der Waals surface area contributed by atoms with Gasteiger partial charge in [-0.25, -0.2) is 9.07 Å².